The first-order valence-electron chi connectivity index (χ1n) is 6.01. The molecule has 1 amide bonds. The van der Waals surface area contributed by atoms with Crippen LogP contribution in [0.1, 0.15) is 36.2 Å². The Labute approximate surface area is 111 Å². The van der Waals surface area contributed by atoms with Crippen LogP contribution >= 0.6 is 0 Å². The fourth-order valence-electron chi connectivity index (χ4n) is 1.68. The number of rotatable bonds is 4. The Bertz CT molecular complexity index is 517. The summed E-state index contributed by atoms with van der Waals surface area (Å²) in [5.41, 5.74) is -0.440. The van der Waals surface area contributed by atoms with Crippen LogP contribution in [0.15, 0.2) is 12.1 Å². The van der Waals surface area contributed by atoms with Gasteiger partial charge >= 0.3 is 0 Å². The third-order valence-corrected chi connectivity index (χ3v) is 3.25. The van der Waals surface area contributed by atoms with E-state index in [1.54, 1.807) is 7.05 Å². The minimum absolute atomic E-state index is 0.0635. The van der Waals surface area contributed by atoms with E-state index in [1.165, 1.54) is 11.8 Å². The summed E-state index contributed by atoms with van der Waals surface area (Å²) < 4.78 is 14.0. The Morgan fingerprint density at radius 1 is 1.53 bits per heavy atom. The first-order chi connectivity index (χ1) is 8.79. The van der Waals surface area contributed by atoms with Gasteiger partial charge in [-0.15, -0.1) is 0 Å². The number of nitro benzene ring substituents is 1. The SMILES string of the molecule is CCC(C)N(C)C(=O)c1cc([N+](=O)[O-])cc(C)c1F. The Morgan fingerprint density at radius 2 is 2.11 bits per heavy atom. The number of hydrogen-bond donors (Lipinski definition) is 0. The highest BCUT2D eigenvalue weighted by Gasteiger charge is 2.23. The second-order valence-corrected chi connectivity index (χ2v) is 4.55. The average molecular weight is 268 g/mol. The van der Waals surface area contributed by atoms with Gasteiger partial charge in [0.2, 0.25) is 0 Å². The number of benzene rings is 1. The van der Waals surface area contributed by atoms with Gasteiger partial charge in [0, 0.05) is 25.2 Å². The lowest BCUT2D eigenvalue weighted by atomic mass is 10.1. The van der Waals surface area contributed by atoms with Crippen LogP contribution in [0.5, 0.6) is 0 Å². The van der Waals surface area contributed by atoms with Gasteiger partial charge in [-0.1, -0.05) is 6.92 Å². The monoisotopic (exact) mass is 268 g/mol. The number of nitro groups is 1. The van der Waals surface area contributed by atoms with Crippen LogP contribution in [0, 0.1) is 22.9 Å². The third kappa shape index (κ3) is 3.07. The van der Waals surface area contributed by atoms with Crippen molar-refractivity contribution in [2.75, 3.05) is 7.05 Å². The van der Waals surface area contributed by atoms with Crippen molar-refractivity contribution in [1.82, 2.24) is 4.90 Å². The van der Waals surface area contributed by atoms with Gasteiger partial charge in [-0.25, -0.2) is 4.39 Å². The molecule has 5 nitrogen and oxygen atoms in total. The highest BCUT2D eigenvalue weighted by molar-refractivity contribution is 5.95. The van der Waals surface area contributed by atoms with Gasteiger partial charge in [0.1, 0.15) is 5.82 Å². The molecule has 0 spiro atoms. The maximum atomic E-state index is 14.0. The zero-order valence-electron chi connectivity index (χ0n) is 11.4. The molecule has 1 aromatic carbocycles. The van der Waals surface area contributed by atoms with Gasteiger partial charge < -0.3 is 4.90 Å². The number of aryl methyl sites for hydroxylation is 1. The van der Waals surface area contributed by atoms with Gasteiger partial charge in [0.05, 0.1) is 10.5 Å². The maximum Gasteiger partial charge on any atom is 0.270 e. The molecule has 0 fully saturated rings. The highest BCUT2D eigenvalue weighted by Crippen LogP contribution is 2.22. The number of non-ortho nitro benzene ring substituents is 1. The number of carbonyl (C=O) groups is 1. The molecule has 6 heteroatoms. The number of carbonyl (C=O) groups excluding carboxylic acids is 1. The average Bonchev–Trinajstić information content (AvgIpc) is 2.38. The Morgan fingerprint density at radius 3 is 2.58 bits per heavy atom. The van der Waals surface area contributed by atoms with E-state index in [2.05, 4.69) is 0 Å². The molecule has 0 bridgehead atoms. The lowest BCUT2D eigenvalue weighted by Crippen LogP contribution is -2.35. The van der Waals surface area contributed by atoms with Crippen LogP contribution in [0.2, 0.25) is 0 Å². The van der Waals surface area contributed by atoms with Crippen LogP contribution in [-0.4, -0.2) is 28.8 Å². The maximum absolute atomic E-state index is 14.0. The van der Waals surface area contributed by atoms with Crippen LogP contribution in [0.25, 0.3) is 0 Å². The van der Waals surface area contributed by atoms with Crippen LogP contribution in [0.3, 0.4) is 0 Å². The van der Waals surface area contributed by atoms with Crippen molar-refractivity contribution in [3.63, 3.8) is 0 Å². The van der Waals surface area contributed by atoms with E-state index in [9.17, 15) is 19.3 Å². The fourth-order valence-corrected chi connectivity index (χ4v) is 1.68. The number of amides is 1. The smallest absolute Gasteiger partial charge is 0.270 e. The third-order valence-electron chi connectivity index (χ3n) is 3.25. The summed E-state index contributed by atoms with van der Waals surface area (Å²) >= 11 is 0. The van der Waals surface area contributed by atoms with Gasteiger partial charge in [-0.2, -0.15) is 0 Å². The molecule has 1 unspecified atom stereocenters. The molecule has 0 heterocycles. The first kappa shape index (κ1) is 15.1. The minimum atomic E-state index is -0.703. The summed E-state index contributed by atoms with van der Waals surface area (Å²) in [6, 6.07) is 2.05. The first-order valence-corrected chi connectivity index (χ1v) is 6.01. The summed E-state index contributed by atoms with van der Waals surface area (Å²) in [4.78, 5) is 23.7. The summed E-state index contributed by atoms with van der Waals surface area (Å²) in [5.74, 6) is -1.25. The topological polar surface area (TPSA) is 63.5 Å². The Balaban J connectivity index is 3.26. The molecule has 0 N–H and O–H groups in total. The van der Waals surface area contributed by atoms with Crippen LogP contribution in [-0.2, 0) is 0 Å². The van der Waals surface area contributed by atoms with Crippen molar-refractivity contribution in [1.29, 1.82) is 0 Å². The number of halogens is 1. The molecule has 0 saturated carbocycles. The van der Waals surface area contributed by atoms with Crippen molar-refractivity contribution in [3.05, 3.63) is 39.2 Å². The standard InChI is InChI=1S/C13H17FN2O3/c1-5-9(3)15(4)13(17)11-7-10(16(18)19)6-8(2)12(11)14/h6-7,9H,5H2,1-4H3. The molecule has 0 saturated heterocycles. The molecule has 0 aliphatic rings. The molecule has 1 atom stereocenters. The van der Waals surface area contributed by atoms with E-state index in [1.807, 2.05) is 13.8 Å². The predicted octanol–water partition coefficient (Wildman–Crippen LogP) is 2.91. The molecular weight excluding hydrogens is 251 g/mol. The molecule has 1 rings (SSSR count). The normalized spacial score (nSPS) is 12.1. The number of nitrogens with zero attached hydrogens (tertiary/aromatic N) is 2. The molecule has 1 aromatic rings. The molecule has 0 aliphatic heterocycles. The molecule has 0 radical (unpaired) electrons. The van der Waals surface area contributed by atoms with Crippen molar-refractivity contribution in [2.24, 2.45) is 0 Å². The van der Waals surface area contributed by atoms with E-state index >= 15 is 0 Å². The Hall–Kier alpha value is -1.98. The van der Waals surface area contributed by atoms with Crippen molar-refractivity contribution >= 4 is 11.6 Å². The van der Waals surface area contributed by atoms with E-state index in [0.717, 1.165) is 18.6 Å². The molecule has 104 valence electrons. The summed E-state index contributed by atoms with van der Waals surface area (Å²) in [7, 11) is 1.56. The summed E-state index contributed by atoms with van der Waals surface area (Å²) in [6.07, 6.45) is 0.720. The van der Waals surface area contributed by atoms with E-state index in [4.69, 9.17) is 0 Å². The summed E-state index contributed by atoms with van der Waals surface area (Å²) in [6.45, 7) is 5.14. The molecule has 19 heavy (non-hydrogen) atoms. The molecule has 0 aliphatic carbocycles. The fraction of sp³-hybridized carbons (Fsp3) is 0.462. The summed E-state index contributed by atoms with van der Waals surface area (Å²) in [5, 5.41) is 10.8. The van der Waals surface area contributed by atoms with E-state index < -0.39 is 16.6 Å². The second-order valence-electron chi connectivity index (χ2n) is 4.55. The quantitative estimate of drug-likeness (QED) is 0.623. The lowest BCUT2D eigenvalue weighted by molar-refractivity contribution is -0.385. The van der Waals surface area contributed by atoms with Crippen molar-refractivity contribution in [2.45, 2.75) is 33.2 Å². The van der Waals surface area contributed by atoms with Crippen LogP contribution in [0.4, 0.5) is 10.1 Å². The van der Waals surface area contributed by atoms with E-state index in [-0.39, 0.29) is 22.9 Å². The van der Waals surface area contributed by atoms with Gasteiger partial charge in [0.25, 0.3) is 11.6 Å². The number of hydrogen-bond acceptors (Lipinski definition) is 3. The second kappa shape index (κ2) is 5.77. The van der Waals surface area contributed by atoms with Gasteiger partial charge in [-0.3, -0.25) is 14.9 Å². The Kier molecular flexibility index (Phi) is 4.58. The van der Waals surface area contributed by atoms with Crippen LogP contribution < -0.4 is 0 Å². The van der Waals surface area contributed by atoms with E-state index in [0.29, 0.717) is 0 Å². The van der Waals surface area contributed by atoms with Crippen molar-refractivity contribution < 1.29 is 14.1 Å². The highest BCUT2D eigenvalue weighted by atomic mass is 19.1. The van der Waals surface area contributed by atoms with Gasteiger partial charge in [-0.05, 0) is 25.8 Å². The zero-order valence-corrected chi connectivity index (χ0v) is 11.4. The largest absolute Gasteiger partial charge is 0.339 e. The lowest BCUT2D eigenvalue weighted by Gasteiger charge is -2.24. The van der Waals surface area contributed by atoms with Gasteiger partial charge in [0.15, 0.2) is 0 Å². The molecule has 0 aromatic heterocycles. The molecular formula is C13H17FN2O3. The zero-order chi connectivity index (χ0) is 14.7. The van der Waals surface area contributed by atoms with Crippen molar-refractivity contribution in [3.8, 4) is 0 Å². The minimum Gasteiger partial charge on any atom is -0.339 e. The predicted molar refractivity (Wildman–Crippen MR) is 69.6 cm³/mol.